The molecule has 0 spiro atoms. The Bertz CT molecular complexity index is 1720. The number of nitrogens with one attached hydrogen (secondary N) is 1. The number of anilines is 2. The van der Waals surface area contributed by atoms with Gasteiger partial charge in [-0.2, -0.15) is 5.10 Å². The van der Waals surface area contributed by atoms with E-state index in [4.69, 9.17) is 15.6 Å². The van der Waals surface area contributed by atoms with E-state index in [1.165, 1.54) is 12.1 Å². The monoisotopic (exact) mass is 532 g/mol. The fourth-order valence-electron chi connectivity index (χ4n) is 4.13. The lowest BCUT2D eigenvalue weighted by Gasteiger charge is -2.15. The van der Waals surface area contributed by atoms with E-state index in [9.17, 15) is 12.8 Å². The molecule has 3 aromatic heterocycles. The third-order valence-electron chi connectivity index (χ3n) is 6.07. The standard InChI is InChI=1S/C27H25FN6O3S/c1-3-38(35,36)33-22-11-8-18(13-23(22)37-16-17-6-9-20(28)10-7-17)25-24-26(34(2)32-25)21(15-31-27(24)29)19-5-4-12-30-14-19/h4-15,33H,3,16H2,1-2H3,(H2,29,31). The van der Waals surface area contributed by atoms with E-state index >= 15 is 0 Å². The largest absolute Gasteiger partial charge is 0.487 e. The molecule has 3 N–H and O–H groups in total. The quantitative estimate of drug-likeness (QED) is 0.295. The molecule has 0 aliphatic carbocycles. The molecule has 38 heavy (non-hydrogen) atoms. The Balaban J connectivity index is 1.61. The van der Waals surface area contributed by atoms with Crippen LogP contribution in [0.3, 0.4) is 0 Å². The van der Waals surface area contributed by atoms with Crippen LogP contribution in [0.15, 0.2) is 73.2 Å². The number of halogens is 1. The zero-order valence-electron chi connectivity index (χ0n) is 20.7. The Kier molecular flexibility index (Phi) is 6.68. The smallest absolute Gasteiger partial charge is 0.232 e. The summed E-state index contributed by atoms with van der Waals surface area (Å²) >= 11 is 0. The number of ether oxygens (including phenoxy) is 1. The number of nitrogen functional groups attached to an aromatic ring is 1. The lowest BCUT2D eigenvalue weighted by atomic mass is 10.0. The molecule has 0 fully saturated rings. The molecule has 0 aliphatic heterocycles. The number of pyridine rings is 2. The van der Waals surface area contributed by atoms with Gasteiger partial charge in [-0.3, -0.25) is 14.4 Å². The molecule has 5 rings (SSSR count). The fraction of sp³-hybridized carbons (Fsp3) is 0.148. The molecule has 0 saturated heterocycles. The van der Waals surface area contributed by atoms with Crippen molar-refractivity contribution in [3.05, 3.63) is 84.6 Å². The normalized spacial score (nSPS) is 11.6. The van der Waals surface area contributed by atoms with E-state index < -0.39 is 10.0 Å². The topological polar surface area (TPSA) is 125 Å². The van der Waals surface area contributed by atoms with Gasteiger partial charge in [0.25, 0.3) is 0 Å². The molecule has 5 aromatic rings. The average Bonchev–Trinajstić information content (AvgIpc) is 3.27. The highest BCUT2D eigenvalue weighted by Crippen LogP contribution is 2.39. The zero-order valence-corrected chi connectivity index (χ0v) is 21.5. The number of aromatic nitrogens is 4. The molecule has 3 heterocycles. The number of benzene rings is 2. The Morgan fingerprint density at radius 3 is 2.58 bits per heavy atom. The minimum absolute atomic E-state index is 0.0996. The van der Waals surface area contributed by atoms with Crippen LogP contribution in [0.25, 0.3) is 33.3 Å². The summed E-state index contributed by atoms with van der Waals surface area (Å²) < 4.78 is 48.3. The predicted molar refractivity (Wildman–Crippen MR) is 145 cm³/mol. The van der Waals surface area contributed by atoms with E-state index in [0.29, 0.717) is 22.5 Å². The second kappa shape index (κ2) is 10.1. The van der Waals surface area contributed by atoms with E-state index in [2.05, 4.69) is 14.7 Å². The van der Waals surface area contributed by atoms with E-state index in [-0.39, 0.29) is 29.6 Å². The van der Waals surface area contributed by atoms with Gasteiger partial charge in [0.1, 0.15) is 29.7 Å². The van der Waals surface area contributed by atoms with Crippen LogP contribution >= 0.6 is 0 Å². The highest BCUT2D eigenvalue weighted by Gasteiger charge is 2.21. The first-order valence-electron chi connectivity index (χ1n) is 11.8. The van der Waals surface area contributed by atoms with Crippen molar-refractivity contribution in [2.45, 2.75) is 13.5 Å². The van der Waals surface area contributed by atoms with Crippen LogP contribution in [-0.2, 0) is 23.7 Å². The van der Waals surface area contributed by atoms with Gasteiger partial charge in [-0.05, 0) is 42.8 Å². The Labute approximate surface area is 219 Å². The van der Waals surface area contributed by atoms with Crippen molar-refractivity contribution in [1.29, 1.82) is 0 Å². The predicted octanol–water partition coefficient (Wildman–Crippen LogP) is 4.76. The molecule has 0 aliphatic rings. The molecule has 0 amide bonds. The first-order valence-corrected chi connectivity index (χ1v) is 13.4. The van der Waals surface area contributed by atoms with Gasteiger partial charge in [0.05, 0.1) is 22.3 Å². The summed E-state index contributed by atoms with van der Waals surface area (Å²) in [6, 6.07) is 14.7. The number of nitrogens with two attached hydrogens (primary N) is 1. The lowest BCUT2D eigenvalue weighted by molar-refractivity contribution is 0.308. The molecule has 0 saturated carbocycles. The number of nitrogens with zero attached hydrogens (tertiary/aromatic N) is 4. The van der Waals surface area contributed by atoms with Crippen LogP contribution in [-0.4, -0.2) is 33.9 Å². The van der Waals surface area contributed by atoms with Crippen molar-refractivity contribution in [1.82, 2.24) is 19.7 Å². The molecule has 0 unspecified atom stereocenters. The average molecular weight is 533 g/mol. The van der Waals surface area contributed by atoms with Gasteiger partial charge in [0, 0.05) is 42.3 Å². The first-order chi connectivity index (χ1) is 18.3. The summed E-state index contributed by atoms with van der Waals surface area (Å²) in [5.74, 6) is 0.139. The molecular formula is C27H25FN6O3S. The van der Waals surface area contributed by atoms with Crippen molar-refractivity contribution < 1.29 is 17.5 Å². The van der Waals surface area contributed by atoms with Gasteiger partial charge < -0.3 is 10.5 Å². The molecule has 2 aromatic carbocycles. The van der Waals surface area contributed by atoms with Crippen LogP contribution in [0, 0.1) is 5.82 Å². The molecule has 9 nitrogen and oxygen atoms in total. The lowest BCUT2D eigenvalue weighted by Crippen LogP contribution is -2.15. The summed E-state index contributed by atoms with van der Waals surface area (Å²) in [5, 5.41) is 5.39. The fourth-order valence-corrected chi connectivity index (χ4v) is 4.77. The Hall–Kier alpha value is -4.51. The van der Waals surface area contributed by atoms with Gasteiger partial charge in [-0.1, -0.05) is 24.3 Å². The van der Waals surface area contributed by atoms with Crippen LogP contribution in [0.1, 0.15) is 12.5 Å². The summed E-state index contributed by atoms with van der Waals surface area (Å²) in [6.45, 7) is 1.65. The van der Waals surface area contributed by atoms with Crippen molar-refractivity contribution in [2.24, 2.45) is 7.05 Å². The summed E-state index contributed by atoms with van der Waals surface area (Å²) in [6.07, 6.45) is 5.14. The summed E-state index contributed by atoms with van der Waals surface area (Å²) in [7, 11) is -1.75. The molecule has 11 heteroatoms. The molecule has 194 valence electrons. The number of hydrogen-bond donors (Lipinski definition) is 2. The molecule has 0 bridgehead atoms. The highest BCUT2D eigenvalue weighted by atomic mass is 32.2. The van der Waals surface area contributed by atoms with Crippen LogP contribution < -0.4 is 15.2 Å². The number of hydrogen-bond acceptors (Lipinski definition) is 7. The van der Waals surface area contributed by atoms with E-state index in [0.717, 1.165) is 22.2 Å². The van der Waals surface area contributed by atoms with Crippen molar-refractivity contribution >= 4 is 32.4 Å². The van der Waals surface area contributed by atoms with E-state index in [1.54, 1.807) is 60.5 Å². The Morgan fingerprint density at radius 2 is 1.87 bits per heavy atom. The van der Waals surface area contributed by atoms with Crippen LogP contribution in [0.5, 0.6) is 5.75 Å². The van der Waals surface area contributed by atoms with Gasteiger partial charge in [0.15, 0.2) is 0 Å². The van der Waals surface area contributed by atoms with Crippen molar-refractivity contribution in [2.75, 3.05) is 16.2 Å². The number of aryl methyl sites for hydroxylation is 1. The summed E-state index contributed by atoms with van der Waals surface area (Å²) in [5.41, 5.74) is 11.0. The van der Waals surface area contributed by atoms with Crippen LogP contribution in [0.4, 0.5) is 15.9 Å². The summed E-state index contributed by atoms with van der Waals surface area (Å²) in [4.78, 5) is 8.62. The van der Waals surface area contributed by atoms with Gasteiger partial charge >= 0.3 is 0 Å². The maximum absolute atomic E-state index is 13.3. The third-order valence-corrected chi connectivity index (χ3v) is 7.36. The number of sulfonamides is 1. The van der Waals surface area contributed by atoms with E-state index in [1.807, 2.05) is 19.2 Å². The second-order valence-corrected chi connectivity index (χ2v) is 10.6. The SMILES string of the molecule is CCS(=O)(=O)Nc1ccc(-c2nn(C)c3c(-c4cccnc4)cnc(N)c23)cc1OCc1ccc(F)cc1. The number of rotatable bonds is 8. The van der Waals surface area contributed by atoms with Gasteiger partial charge in [-0.15, -0.1) is 0 Å². The third kappa shape index (κ3) is 5.00. The maximum atomic E-state index is 13.3. The maximum Gasteiger partial charge on any atom is 0.232 e. The minimum atomic E-state index is -3.57. The second-order valence-electron chi connectivity index (χ2n) is 8.63. The van der Waals surface area contributed by atoms with Crippen molar-refractivity contribution in [3.63, 3.8) is 0 Å². The Morgan fingerprint density at radius 1 is 1.08 bits per heavy atom. The molecular weight excluding hydrogens is 507 g/mol. The first kappa shape index (κ1) is 25.2. The van der Waals surface area contributed by atoms with Gasteiger partial charge in [-0.25, -0.2) is 17.8 Å². The number of fused-ring (bicyclic) bond motifs is 1. The van der Waals surface area contributed by atoms with Gasteiger partial charge in [0.2, 0.25) is 10.0 Å². The highest BCUT2D eigenvalue weighted by molar-refractivity contribution is 7.92. The zero-order chi connectivity index (χ0) is 26.9. The van der Waals surface area contributed by atoms with Crippen molar-refractivity contribution in [3.8, 4) is 28.1 Å². The molecule has 0 radical (unpaired) electrons. The molecule has 0 atom stereocenters. The minimum Gasteiger partial charge on any atom is -0.487 e. The van der Waals surface area contributed by atoms with Crippen LogP contribution in [0.2, 0.25) is 0 Å².